The SMILES string of the molecule is CN1CCN(NC#CNNC(N)=O)C1=O. The van der Waals surface area contributed by atoms with E-state index in [4.69, 9.17) is 5.73 Å². The number of nitrogens with one attached hydrogen (secondary N) is 3. The van der Waals surface area contributed by atoms with Gasteiger partial charge in [-0.25, -0.2) is 20.0 Å². The first-order chi connectivity index (χ1) is 7.11. The molecule has 0 atom stereocenters. The van der Waals surface area contributed by atoms with Crippen molar-refractivity contribution in [2.45, 2.75) is 0 Å². The van der Waals surface area contributed by atoms with Crippen LogP contribution in [-0.2, 0) is 0 Å². The Morgan fingerprint density at radius 1 is 1.47 bits per heavy atom. The van der Waals surface area contributed by atoms with Gasteiger partial charge in [-0.1, -0.05) is 0 Å². The predicted octanol–water partition coefficient (Wildman–Crippen LogP) is -2.05. The Morgan fingerprint density at radius 3 is 2.73 bits per heavy atom. The molecule has 0 aromatic rings. The molecule has 0 unspecified atom stereocenters. The second-order valence-corrected chi connectivity index (χ2v) is 2.83. The van der Waals surface area contributed by atoms with Gasteiger partial charge >= 0.3 is 12.1 Å². The van der Waals surface area contributed by atoms with E-state index in [-0.39, 0.29) is 6.03 Å². The molecule has 0 aliphatic carbocycles. The number of hydrogen-bond acceptors (Lipinski definition) is 4. The lowest BCUT2D eigenvalue weighted by molar-refractivity contribution is 0.189. The normalized spacial score (nSPS) is 14.3. The average molecular weight is 212 g/mol. The fourth-order valence-electron chi connectivity index (χ4n) is 0.971. The van der Waals surface area contributed by atoms with Crippen molar-refractivity contribution < 1.29 is 9.59 Å². The van der Waals surface area contributed by atoms with E-state index in [1.54, 1.807) is 11.9 Å². The predicted molar refractivity (Wildman–Crippen MR) is 51.5 cm³/mol. The second kappa shape index (κ2) is 4.80. The van der Waals surface area contributed by atoms with Crippen molar-refractivity contribution in [3.63, 3.8) is 0 Å². The molecule has 82 valence electrons. The largest absolute Gasteiger partial charge is 0.350 e. The number of rotatable bonds is 2. The van der Waals surface area contributed by atoms with E-state index in [9.17, 15) is 9.59 Å². The molecule has 15 heavy (non-hydrogen) atoms. The van der Waals surface area contributed by atoms with Crippen molar-refractivity contribution in [1.29, 1.82) is 0 Å². The summed E-state index contributed by atoms with van der Waals surface area (Å²) >= 11 is 0. The van der Waals surface area contributed by atoms with E-state index < -0.39 is 6.03 Å². The molecule has 1 saturated heterocycles. The van der Waals surface area contributed by atoms with Crippen molar-refractivity contribution in [1.82, 2.24) is 26.2 Å². The maximum Gasteiger partial charge on any atom is 0.339 e. The van der Waals surface area contributed by atoms with E-state index in [0.717, 1.165) is 0 Å². The van der Waals surface area contributed by atoms with Crippen LogP contribution in [0.15, 0.2) is 0 Å². The minimum absolute atomic E-state index is 0.146. The third kappa shape index (κ3) is 3.15. The molecule has 0 aromatic carbocycles. The Kier molecular flexibility index (Phi) is 3.45. The Bertz CT molecular complexity index is 319. The molecule has 1 fully saturated rings. The molecule has 0 spiro atoms. The van der Waals surface area contributed by atoms with Gasteiger partial charge in [-0.2, -0.15) is 0 Å². The monoisotopic (exact) mass is 212 g/mol. The molecule has 8 heteroatoms. The Balaban J connectivity index is 2.25. The van der Waals surface area contributed by atoms with Crippen molar-refractivity contribution in [2.24, 2.45) is 5.73 Å². The highest BCUT2D eigenvalue weighted by Crippen LogP contribution is 2.00. The molecule has 4 amide bonds. The van der Waals surface area contributed by atoms with Crippen LogP contribution >= 0.6 is 0 Å². The molecule has 8 nitrogen and oxygen atoms in total. The van der Waals surface area contributed by atoms with Gasteiger partial charge in [0.05, 0.1) is 18.6 Å². The number of carbonyl (C=O) groups excluding carboxylic acids is 2. The number of hydrogen-bond donors (Lipinski definition) is 4. The number of hydrazine groups is 2. The van der Waals surface area contributed by atoms with Crippen LogP contribution in [0.1, 0.15) is 0 Å². The summed E-state index contributed by atoms with van der Waals surface area (Å²) in [7, 11) is 1.70. The summed E-state index contributed by atoms with van der Waals surface area (Å²) in [5.41, 5.74) is 11.6. The zero-order valence-electron chi connectivity index (χ0n) is 8.20. The highest BCUT2D eigenvalue weighted by atomic mass is 16.2. The number of likely N-dealkylation sites (N-methyl/N-ethyl adjacent to an activating group) is 1. The number of carbonyl (C=O) groups is 2. The van der Waals surface area contributed by atoms with Crippen LogP contribution in [0.3, 0.4) is 0 Å². The molecule has 0 aromatic heterocycles. The smallest absolute Gasteiger partial charge is 0.339 e. The number of nitrogens with zero attached hydrogens (tertiary/aromatic N) is 2. The summed E-state index contributed by atoms with van der Waals surface area (Å²) in [4.78, 5) is 23.1. The van der Waals surface area contributed by atoms with Gasteiger partial charge in [0.15, 0.2) is 0 Å². The third-order valence-corrected chi connectivity index (χ3v) is 1.72. The molecule has 0 saturated carbocycles. The lowest BCUT2D eigenvalue weighted by atomic mass is 10.6. The summed E-state index contributed by atoms with van der Waals surface area (Å²) in [6, 6.07) is 3.89. The number of amides is 4. The van der Waals surface area contributed by atoms with Gasteiger partial charge in [0.25, 0.3) is 0 Å². The summed E-state index contributed by atoms with van der Waals surface area (Å²) < 4.78 is 0. The van der Waals surface area contributed by atoms with Crippen molar-refractivity contribution in [2.75, 3.05) is 20.1 Å². The first kappa shape index (κ1) is 10.8. The van der Waals surface area contributed by atoms with Gasteiger partial charge in [0.2, 0.25) is 0 Å². The standard InChI is InChI=1S/C7H12N6O2/c1-12-4-5-13(7(12)15)10-3-2-9-11-6(8)14/h9-10H,4-5H2,1H3,(H3,8,11,14). The molecule has 1 aliphatic rings. The number of nitrogens with two attached hydrogens (primary N) is 1. The Labute approximate surface area is 86.7 Å². The van der Waals surface area contributed by atoms with Crippen molar-refractivity contribution in [3.8, 4) is 12.1 Å². The fourth-order valence-corrected chi connectivity index (χ4v) is 0.971. The maximum atomic E-state index is 11.3. The van der Waals surface area contributed by atoms with Crippen molar-refractivity contribution in [3.05, 3.63) is 0 Å². The van der Waals surface area contributed by atoms with E-state index in [1.165, 1.54) is 5.01 Å². The second-order valence-electron chi connectivity index (χ2n) is 2.83. The minimum atomic E-state index is -0.735. The van der Waals surface area contributed by atoms with Crippen LogP contribution in [-0.4, -0.2) is 42.1 Å². The average Bonchev–Trinajstić information content (AvgIpc) is 2.48. The molecule has 1 aliphatic heterocycles. The summed E-state index contributed by atoms with van der Waals surface area (Å²) in [6.45, 7) is 1.22. The van der Waals surface area contributed by atoms with Crippen LogP contribution in [0.5, 0.6) is 0 Å². The molecule has 0 radical (unpaired) electrons. The summed E-state index contributed by atoms with van der Waals surface area (Å²) in [5.74, 6) is 0. The summed E-state index contributed by atoms with van der Waals surface area (Å²) in [5, 5.41) is 1.36. The topological polar surface area (TPSA) is 103 Å². The zero-order valence-corrected chi connectivity index (χ0v) is 8.20. The van der Waals surface area contributed by atoms with Crippen LogP contribution in [0, 0.1) is 12.1 Å². The Morgan fingerprint density at radius 2 is 2.20 bits per heavy atom. The van der Waals surface area contributed by atoms with E-state index in [2.05, 4.69) is 28.4 Å². The van der Waals surface area contributed by atoms with Gasteiger partial charge in [0, 0.05) is 13.6 Å². The lowest BCUT2D eigenvalue weighted by Crippen LogP contribution is -2.40. The number of primary amides is 1. The van der Waals surface area contributed by atoms with Gasteiger partial charge in [0.1, 0.15) is 0 Å². The van der Waals surface area contributed by atoms with Gasteiger partial charge in [-0.3, -0.25) is 10.9 Å². The molecule has 1 rings (SSSR count). The van der Waals surface area contributed by atoms with E-state index in [1.807, 2.05) is 0 Å². The number of urea groups is 2. The molecular formula is C7H12N6O2. The van der Waals surface area contributed by atoms with Gasteiger partial charge < -0.3 is 10.6 Å². The fraction of sp³-hybridized carbons (Fsp3) is 0.429. The molecule has 1 heterocycles. The first-order valence-electron chi connectivity index (χ1n) is 4.20. The van der Waals surface area contributed by atoms with Crippen LogP contribution in [0.4, 0.5) is 9.59 Å². The van der Waals surface area contributed by atoms with E-state index in [0.29, 0.717) is 13.1 Å². The van der Waals surface area contributed by atoms with Crippen LogP contribution in [0.2, 0.25) is 0 Å². The van der Waals surface area contributed by atoms with Gasteiger partial charge in [-0.05, 0) is 0 Å². The molecule has 5 N–H and O–H groups in total. The minimum Gasteiger partial charge on any atom is -0.350 e. The van der Waals surface area contributed by atoms with Gasteiger partial charge in [-0.15, -0.1) is 0 Å². The van der Waals surface area contributed by atoms with Crippen molar-refractivity contribution >= 4 is 12.1 Å². The summed E-state index contributed by atoms with van der Waals surface area (Å²) in [6.07, 6.45) is 0. The molecule has 0 bridgehead atoms. The van der Waals surface area contributed by atoms with Crippen LogP contribution < -0.4 is 22.0 Å². The Hall–Kier alpha value is -2.30. The van der Waals surface area contributed by atoms with Crippen LogP contribution in [0.25, 0.3) is 0 Å². The lowest BCUT2D eigenvalue weighted by Gasteiger charge is -2.12. The molecular weight excluding hydrogens is 200 g/mol. The first-order valence-corrected chi connectivity index (χ1v) is 4.20. The quantitative estimate of drug-likeness (QED) is 0.240. The third-order valence-electron chi connectivity index (χ3n) is 1.72. The highest BCUT2D eigenvalue weighted by Gasteiger charge is 2.24. The zero-order chi connectivity index (χ0) is 11.3. The maximum absolute atomic E-state index is 11.3. The van der Waals surface area contributed by atoms with E-state index >= 15 is 0 Å². The highest BCUT2D eigenvalue weighted by molar-refractivity contribution is 5.75.